The maximum atomic E-state index is 14.4. The summed E-state index contributed by atoms with van der Waals surface area (Å²) >= 11 is 1.25. The number of fused-ring (bicyclic) bond motifs is 1. The van der Waals surface area contributed by atoms with Gasteiger partial charge in [0.25, 0.3) is 5.91 Å². The Morgan fingerprint density at radius 3 is 3.00 bits per heavy atom. The van der Waals surface area contributed by atoms with Crippen molar-refractivity contribution in [3.8, 4) is 0 Å². The number of piperidine rings is 1. The van der Waals surface area contributed by atoms with Gasteiger partial charge in [0.2, 0.25) is 0 Å². The Kier molecular flexibility index (Phi) is 4.69. The van der Waals surface area contributed by atoms with Gasteiger partial charge >= 0.3 is 0 Å². The summed E-state index contributed by atoms with van der Waals surface area (Å²) in [4.78, 5) is 18.0. The summed E-state index contributed by atoms with van der Waals surface area (Å²) in [6, 6.07) is 3.67. The van der Waals surface area contributed by atoms with E-state index in [1.807, 2.05) is 13.8 Å². The molecule has 2 N–H and O–H groups in total. The summed E-state index contributed by atoms with van der Waals surface area (Å²) in [7, 11) is 0. The summed E-state index contributed by atoms with van der Waals surface area (Å²) in [5, 5.41) is 10.5. The van der Waals surface area contributed by atoms with E-state index in [9.17, 15) is 9.18 Å². The minimum atomic E-state index is -0.462. The second kappa shape index (κ2) is 7.01. The fourth-order valence-electron chi connectivity index (χ4n) is 3.66. The average molecular weight is 387 g/mol. The van der Waals surface area contributed by atoms with Crippen molar-refractivity contribution in [3.63, 3.8) is 0 Å². The second-order valence-corrected chi connectivity index (χ2v) is 8.27. The van der Waals surface area contributed by atoms with E-state index in [1.54, 1.807) is 16.8 Å². The highest BCUT2D eigenvalue weighted by molar-refractivity contribution is 7.14. The first-order valence-corrected chi connectivity index (χ1v) is 9.90. The lowest BCUT2D eigenvalue weighted by molar-refractivity contribution is 0.102. The van der Waals surface area contributed by atoms with Crippen LogP contribution in [0.15, 0.2) is 18.3 Å². The molecular weight excluding hydrogens is 365 g/mol. The van der Waals surface area contributed by atoms with Crippen molar-refractivity contribution in [2.24, 2.45) is 0 Å². The molecule has 1 fully saturated rings. The van der Waals surface area contributed by atoms with Gasteiger partial charge in [0, 0.05) is 17.0 Å². The molecule has 0 bridgehead atoms. The number of aromatic nitrogens is 3. The molecule has 4 heterocycles. The van der Waals surface area contributed by atoms with E-state index in [-0.39, 0.29) is 4.88 Å². The number of nitrogens with one attached hydrogen (secondary N) is 2. The highest BCUT2D eigenvalue weighted by atomic mass is 32.1. The molecular formula is C19H22FN5OS. The van der Waals surface area contributed by atoms with E-state index in [2.05, 4.69) is 27.6 Å². The summed E-state index contributed by atoms with van der Waals surface area (Å²) in [6.07, 6.45) is 3.71. The van der Waals surface area contributed by atoms with Crippen LogP contribution in [-0.2, 0) is 0 Å². The molecule has 0 aromatic carbocycles. The monoisotopic (exact) mass is 387 g/mol. The molecule has 6 nitrogen and oxygen atoms in total. The van der Waals surface area contributed by atoms with Crippen molar-refractivity contribution in [2.75, 3.05) is 11.9 Å². The van der Waals surface area contributed by atoms with Gasteiger partial charge in [-0.25, -0.2) is 8.91 Å². The van der Waals surface area contributed by atoms with Crippen LogP contribution in [0.4, 0.5) is 10.2 Å². The van der Waals surface area contributed by atoms with Crippen LogP contribution < -0.4 is 10.6 Å². The molecule has 0 radical (unpaired) electrons. The molecule has 3 aromatic rings. The Bertz CT molecular complexity index is 1010. The number of hydrogen-bond donors (Lipinski definition) is 2. The van der Waals surface area contributed by atoms with E-state index in [0.29, 0.717) is 17.8 Å². The SMILES string of the molecule is Cc1cn2nc(NC(=O)c3sc(C4CCNC(C)C4)cc3F)cc2c(C)n1. The Morgan fingerprint density at radius 2 is 2.22 bits per heavy atom. The summed E-state index contributed by atoms with van der Waals surface area (Å²) in [5.74, 6) is -0.234. The third-order valence-corrected chi connectivity index (χ3v) is 6.21. The fraction of sp³-hybridized carbons (Fsp3) is 0.421. The van der Waals surface area contributed by atoms with Crippen LogP contribution in [-0.4, -0.2) is 33.1 Å². The predicted octanol–water partition coefficient (Wildman–Crippen LogP) is 3.65. The highest BCUT2D eigenvalue weighted by Gasteiger charge is 2.25. The lowest BCUT2D eigenvalue weighted by Gasteiger charge is -2.27. The molecule has 27 heavy (non-hydrogen) atoms. The van der Waals surface area contributed by atoms with E-state index in [1.165, 1.54) is 17.4 Å². The van der Waals surface area contributed by atoms with Crippen LogP contribution in [0, 0.1) is 19.7 Å². The maximum Gasteiger partial charge on any atom is 0.269 e. The third-order valence-electron chi connectivity index (χ3n) is 4.94. The van der Waals surface area contributed by atoms with Crippen LogP contribution in [0.5, 0.6) is 0 Å². The zero-order chi connectivity index (χ0) is 19.1. The van der Waals surface area contributed by atoms with Crippen LogP contribution in [0.2, 0.25) is 0 Å². The van der Waals surface area contributed by atoms with Crippen LogP contribution in [0.25, 0.3) is 5.52 Å². The first kappa shape index (κ1) is 18.1. The standard InChI is InChI=1S/C19H22FN5OS/c1-10-6-13(4-5-21-10)16-7-14(20)18(27-16)19(26)23-17-8-15-12(3)22-11(2)9-25(15)24-17/h7-10,13,21H,4-6H2,1-3H3,(H,23,24,26). The van der Waals surface area contributed by atoms with Crippen molar-refractivity contribution in [1.82, 2.24) is 19.9 Å². The van der Waals surface area contributed by atoms with Crippen molar-refractivity contribution >= 4 is 28.6 Å². The molecule has 2 unspecified atom stereocenters. The van der Waals surface area contributed by atoms with Crippen molar-refractivity contribution in [3.05, 3.63) is 45.3 Å². The first-order chi connectivity index (χ1) is 12.9. The topological polar surface area (TPSA) is 71.3 Å². The lowest BCUT2D eigenvalue weighted by Crippen LogP contribution is -2.34. The zero-order valence-corrected chi connectivity index (χ0v) is 16.4. The van der Waals surface area contributed by atoms with E-state index >= 15 is 0 Å². The molecule has 1 amide bonds. The molecule has 142 valence electrons. The quantitative estimate of drug-likeness (QED) is 0.720. The Labute approximate surface area is 160 Å². The van der Waals surface area contributed by atoms with Gasteiger partial charge < -0.3 is 10.6 Å². The molecule has 2 atom stereocenters. The van der Waals surface area contributed by atoms with Crippen LogP contribution in [0.1, 0.15) is 51.6 Å². The largest absolute Gasteiger partial charge is 0.314 e. The van der Waals surface area contributed by atoms with Gasteiger partial charge in [-0.2, -0.15) is 0 Å². The summed E-state index contributed by atoms with van der Waals surface area (Å²) in [6.45, 7) is 6.82. The molecule has 0 saturated carbocycles. The van der Waals surface area contributed by atoms with E-state index in [0.717, 1.165) is 41.2 Å². The van der Waals surface area contributed by atoms with Gasteiger partial charge in [-0.05, 0) is 52.1 Å². The van der Waals surface area contributed by atoms with E-state index in [4.69, 9.17) is 0 Å². The number of halogens is 1. The smallest absolute Gasteiger partial charge is 0.269 e. The summed E-state index contributed by atoms with van der Waals surface area (Å²) < 4.78 is 16.1. The first-order valence-electron chi connectivity index (χ1n) is 9.08. The molecule has 0 aliphatic carbocycles. The number of hydrogen-bond acceptors (Lipinski definition) is 5. The molecule has 1 aliphatic heterocycles. The zero-order valence-electron chi connectivity index (χ0n) is 15.5. The molecule has 8 heteroatoms. The minimum absolute atomic E-state index is 0.110. The Morgan fingerprint density at radius 1 is 1.41 bits per heavy atom. The number of thiophene rings is 1. The van der Waals surface area contributed by atoms with Gasteiger partial charge in [0.15, 0.2) is 5.82 Å². The Hall–Kier alpha value is -2.32. The Balaban J connectivity index is 1.56. The summed E-state index contributed by atoms with van der Waals surface area (Å²) in [5.41, 5.74) is 2.48. The number of nitrogens with zero attached hydrogens (tertiary/aromatic N) is 3. The molecule has 1 saturated heterocycles. The van der Waals surface area contributed by atoms with Crippen LogP contribution in [0.3, 0.4) is 0 Å². The molecule has 4 rings (SSSR count). The second-order valence-electron chi connectivity index (χ2n) is 7.18. The third kappa shape index (κ3) is 3.59. The van der Waals surface area contributed by atoms with Gasteiger partial charge in [-0.3, -0.25) is 9.78 Å². The molecule has 0 spiro atoms. The molecule has 3 aromatic heterocycles. The van der Waals surface area contributed by atoms with Crippen molar-refractivity contribution in [1.29, 1.82) is 0 Å². The van der Waals surface area contributed by atoms with E-state index < -0.39 is 11.7 Å². The normalized spacial score (nSPS) is 20.1. The van der Waals surface area contributed by atoms with Gasteiger partial charge in [-0.1, -0.05) is 0 Å². The minimum Gasteiger partial charge on any atom is -0.314 e. The van der Waals surface area contributed by atoms with Gasteiger partial charge in [0.1, 0.15) is 10.7 Å². The number of rotatable bonds is 3. The number of carbonyl (C=O) groups is 1. The fourth-order valence-corrected chi connectivity index (χ4v) is 4.74. The van der Waals surface area contributed by atoms with Crippen LogP contribution >= 0.6 is 11.3 Å². The molecule has 1 aliphatic rings. The number of anilines is 1. The number of aryl methyl sites for hydroxylation is 2. The predicted molar refractivity (Wildman–Crippen MR) is 104 cm³/mol. The highest BCUT2D eigenvalue weighted by Crippen LogP contribution is 2.34. The number of amides is 1. The van der Waals surface area contributed by atoms with Crippen molar-refractivity contribution < 1.29 is 9.18 Å². The maximum absolute atomic E-state index is 14.4. The van der Waals surface area contributed by atoms with Gasteiger partial charge in [0.05, 0.1) is 23.1 Å². The van der Waals surface area contributed by atoms with Gasteiger partial charge in [-0.15, -0.1) is 16.4 Å². The lowest BCUT2D eigenvalue weighted by atomic mass is 9.92. The average Bonchev–Trinajstić information content (AvgIpc) is 3.18. The number of carbonyl (C=O) groups excluding carboxylic acids is 1. The van der Waals surface area contributed by atoms with Crippen molar-refractivity contribution in [2.45, 2.75) is 45.6 Å².